The van der Waals surface area contributed by atoms with Crippen molar-refractivity contribution in [3.05, 3.63) is 11.6 Å². The molecule has 0 aromatic heterocycles. The van der Waals surface area contributed by atoms with Gasteiger partial charge in [-0.05, 0) is 103 Å². The quantitative estimate of drug-likeness (QED) is 0.289. The molecule has 0 aromatic carbocycles. The van der Waals surface area contributed by atoms with Crippen LogP contribution in [0, 0.1) is 50.2 Å². The molecule has 1 heterocycles. The number of allylic oxidation sites excluding steroid dienone is 2. The first kappa shape index (κ1) is 32.4. The predicted molar refractivity (Wildman–Crippen MR) is 165 cm³/mol. The summed E-state index contributed by atoms with van der Waals surface area (Å²) in [7, 11) is 0. The SMILES string of the molecule is CC1(C)CC[C@]2(C)[C@@H](O[C@@H]3O[C@H](CO)[C@H](O)[C@H](O)[C@H]3O)C[C@]3(C)C(=CC[C@H]4[C@@]5(C)CC[C@@H](O)C(C)(C)[C@@H]5CC[C@]43C)[C@@H]2C1. The fourth-order valence-electron chi connectivity index (χ4n) is 12.1. The molecule has 4 saturated carbocycles. The van der Waals surface area contributed by atoms with E-state index in [4.69, 9.17) is 9.47 Å². The molecular formula is C36H60O7. The van der Waals surface area contributed by atoms with E-state index in [2.05, 4.69) is 61.5 Å². The molecule has 246 valence electrons. The van der Waals surface area contributed by atoms with Gasteiger partial charge >= 0.3 is 0 Å². The average Bonchev–Trinajstić information content (AvgIpc) is 2.93. The van der Waals surface area contributed by atoms with Gasteiger partial charge in [-0.25, -0.2) is 0 Å². The van der Waals surface area contributed by atoms with Crippen LogP contribution in [0.2, 0.25) is 0 Å². The molecule has 0 bridgehead atoms. The topological polar surface area (TPSA) is 120 Å². The van der Waals surface area contributed by atoms with Crippen LogP contribution in [0.4, 0.5) is 0 Å². The van der Waals surface area contributed by atoms with Gasteiger partial charge in [-0.1, -0.05) is 67.0 Å². The van der Waals surface area contributed by atoms with Crippen LogP contribution in [0.3, 0.4) is 0 Å². The molecule has 1 saturated heterocycles. The van der Waals surface area contributed by atoms with Crippen molar-refractivity contribution in [1.82, 2.24) is 0 Å². The maximum Gasteiger partial charge on any atom is 0.186 e. The monoisotopic (exact) mass is 604 g/mol. The first-order valence-corrected chi connectivity index (χ1v) is 17.2. The zero-order chi connectivity index (χ0) is 31.5. The van der Waals surface area contributed by atoms with Gasteiger partial charge in [0.15, 0.2) is 6.29 Å². The average molecular weight is 605 g/mol. The normalized spacial score (nSPS) is 55.7. The molecule has 5 N–H and O–H groups in total. The van der Waals surface area contributed by atoms with Crippen LogP contribution >= 0.6 is 0 Å². The highest BCUT2D eigenvalue weighted by Gasteiger charge is 2.69. The van der Waals surface area contributed by atoms with Gasteiger partial charge in [0.1, 0.15) is 24.4 Å². The Morgan fingerprint density at radius 3 is 2.16 bits per heavy atom. The zero-order valence-electron chi connectivity index (χ0n) is 28.0. The third-order valence-corrected chi connectivity index (χ3v) is 15.2. The Balaban J connectivity index is 1.41. The lowest BCUT2D eigenvalue weighted by atomic mass is 9.33. The van der Waals surface area contributed by atoms with Gasteiger partial charge in [0.25, 0.3) is 0 Å². The first-order chi connectivity index (χ1) is 19.9. The maximum absolute atomic E-state index is 11.1. The van der Waals surface area contributed by atoms with E-state index in [0.29, 0.717) is 17.8 Å². The summed E-state index contributed by atoms with van der Waals surface area (Å²) in [5.74, 6) is 1.30. The number of aliphatic hydroxyl groups is 5. The minimum Gasteiger partial charge on any atom is -0.394 e. The van der Waals surface area contributed by atoms with Gasteiger partial charge < -0.3 is 35.0 Å². The van der Waals surface area contributed by atoms with E-state index in [9.17, 15) is 25.5 Å². The summed E-state index contributed by atoms with van der Waals surface area (Å²) in [6, 6.07) is 0. The van der Waals surface area contributed by atoms with Gasteiger partial charge in [-0.15, -0.1) is 0 Å². The largest absolute Gasteiger partial charge is 0.394 e. The molecule has 1 aliphatic heterocycles. The smallest absolute Gasteiger partial charge is 0.186 e. The summed E-state index contributed by atoms with van der Waals surface area (Å²) in [6.45, 7) is 18.8. The standard InChI is InChI=1S/C36H60O7/c1-31(2)15-16-33(5)21(17-31)20-9-10-24-34(6)13-12-25(38)32(3,4)23(34)11-14-35(24,7)36(20,8)18-26(33)43-30-29(41)28(40)27(39)22(19-37)42-30/h9,21-30,37-41H,10-19H2,1-8H3/t21-,22+,23-,24-,25+,26-,27-,28-,29+,30-,33-,34-,35+,36+/m0/s1. The maximum atomic E-state index is 11.1. The van der Waals surface area contributed by atoms with Gasteiger partial charge in [0, 0.05) is 5.41 Å². The molecule has 7 heteroatoms. The van der Waals surface area contributed by atoms with Crippen molar-refractivity contribution in [3.8, 4) is 0 Å². The molecule has 6 aliphatic rings. The number of hydrogen-bond donors (Lipinski definition) is 5. The lowest BCUT2D eigenvalue weighted by molar-refractivity contribution is -0.330. The van der Waals surface area contributed by atoms with Gasteiger partial charge in [0.2, 0.25) is 0 Å². The fourth-order valence-corrected chi connectivity index (χ4v) is 12.1. The van der Waals surface area contributed by atoms with Gasteiger partial charge in [-0.3, -0.25) is 0 Å². The van der Waals surface area contributed by atoms with E-state index in [0.717, 1.165) is 57.8 Å². The second kappa shape index (κ2) is 10.2. The molecule has 7 nitrogen and oxygen atoms in total. The van der Waals surface area contributed by atoms with Crippen LogP contribution < -0.4 is 0 Å². The van der Waals surface area contributed by atoms with Crippen molar-refractivity contribution in [2.45, 2.75) is 156 Å². The zero-order valence-corrected chi connectivity index (χ0v) is 28.0. The molecule has 0 spiro atoms. The molecular weight excluding hydrogens is 544 g/mol. The van der Waals surface area contributed by atoms with Crippen molar-refractivity contribution in [3.63, 3.8) is 0 Å². The molecule has 0 aromatic rings. The highest BCUT2D eigenvalue weighted by Crippen LogP contribution is 2.76. The van der Waals surface area contributed by atoms with E-state index in [1.165, 1.54) is 0 Å². The lowest BCUT2D eigenvalue weighted by Gasteiger charge is -2.72. The molecule has 43 heavy (non-hydrogen) atoms. The molecule has 5 fully saturated rings. The van der Waals surface area contributed by atoms with Crippen LogP contribution in [-0.4, -0.2) is 75.1 Å². The minimum absolute atomic E-state index is 0.0423. The second-order valence-electron chi connectivity index (χ2n) is 18.1. The third kappa shape index (κ3) is 4.45. The Morgan fingerprint density at radius 1 is 0.791 bits per heavy atom. The van der Waals surface area contributed by atoms with Crippen molar-refractivity contribution < 1.29 is 35.0 Å². The summed E-state index contributed by atoms with van der Waals surface area (Å²) in [4.78, 5) is 0. The second-order valence-corrected chi connectivity index (χ2v) is 18.1. The Bertz CT molecular complexity index is 1120. The van der Waals surface area contributed by atoms with Crippen LogP contribution in [-0.2, 0) is 9.47 Å². The Hall–Kier alpha value is -0.540. The Morgan fingerprint density at radius 2 is 1.49 bits per heavy atom. The van der Waals surface area contributed by atoms with Crippen LogP contribution in [0.25, 0.3) is 0 Å². The molecule has 6 rings (SSSR count). The van der Waals surface area contributed by atoms with Crippen molar-refractivity contribution in [2.24, 2.45) is 50.2 Å². The summed E-state index contributed by atoms with van der Waals surface area (Å²) < 4.78 is 12.8. The van der Waals surface area contributed by atoms with Crippen LogP contribution in [0.5, 0.6) is 0 Å². The summed E-state index contributed by atoms with van der Waals surface area (Å²) in [5, 5.41) is 53.0. The number of ether oxygens (including phenoxy) is 2. The van der Waals surface area contributed by atoms with Gasteiger partial charge in [0.05, 0.1) is 18.8 Å². The molecule has 5 aliphatic carbocycles. The Kier molecular flexibility index (Phi) is 7.71. The van der Waals surface area contributed by atoms with E-state index in [-0.39, 0.29) is 44.7 Å². The summed E-state index contributed by atoms with van der Waals surface area (Å²) in [5.41, 5.74) is 1.60. The number of fused-ring (bicyclic) bond motifs is 7. The first-order valence-electron chi connectivity index (χ1n) is 17.2. The van der Waals surface area contributed by atoms with E-state index in [1.807, 2.05) is 0 Å². The van der Waals surface area contributed by atoms with Crippen molar-refractivity contribution in [1.29, 1.82) is 0 Å². The summed E-state index contributed by atoms with van der Waals surface area (Å²) >= 11 is 0. The molecule has 14 atom stereocenters. The van der Waals surface area contributed by atoms with Crippen molar-refractivity contribution in [2.75, 3.05) is 6.61 Å². The van der Waals surface area contributed by atoms with E-state index < -0.39 is 37.3 Å². The van der Waals surface area contributed by atoms with Gasteiger partial charge in [-0.2, -0.15) is 0 Å². The third-order valence-electron chi connectivity index (χ3n) is 15.2. The lowest BCUT2D eigenvalue weighted by Crippen LogP contribution is -2.67. The highest BCUT2D eigenvalue weighted by molar-refractivity contribution is 5.35. The molecule has 0 amide bonds. The van der Waals surface area contributed by atoms with Crippen LogP contribution in [0.1, 0.15) is 113 Å². The Labute approximate surface area is 259 Å². The minimum atomic E-state index is -1.45. The van der Waals surface area contributed by atoms with Crippen molar-refractivity contribution >= 4 is 0 Å². The number of rotatable bonds is 3. The predicted octanol–water partition coefficient (Wildman–Crippen LogP) is 4.96. The number of aliphatic hydroxyl groups excluding tert-OH is 5. The highest BCUT2D eigenvalue weighted by atomic mass is 16.7. The van der Waals surface area contributed by atoms with Crippen LogP contribution in [0.15, 0.2) is 11.6 Å². The summed E-state index contributed by atoms with van der Waals surface area (Å²) in [6.07, 6.45) is 5.03. The molecule has 0 unspecified atom stereocenters. The fraction of sp³-hybridized carbons (Fsp3) is 0.944. The molecule has 0 radical (unpaired) electrons. The van der Waals surface area contributed by atoms with E-state index in [1.54, 1.807) is 5.57 Å². The van der Waals surface area contributed by atoms with E-state index >= 15 is 0 Å². The number of hydrogen-bond acceptors (Lipinski definition) is 7.